The van der Waals surface area contributed by atoms with E-state index < -0.39 is 0 Å². The van der Waals surface area contributed by atoms with Crippen LogP contribution in [0.5, 0.6) is 5.75 Å². The lowest BCUT2D eigenvalue weighted by atomic mass is 9.75. The van der Waals surface area contributed by atoms with Crippen molar-refractivity contribution < 1.29 is 9.13 Å². The summed E-state index contributed by atoms with van der Waals surface area (Å²) in [7, 11) is 0. The van der Waals surface area contributed by atoms with Gasteiger partial charge in [0.15, 0.2) is 0 Å². The number of nitrogens with one attached hydrogen (secondary N) is 1. The maximum atomic E-state index is 13.3. The minimum atomic E-state index is -0.180. The Morgan fingerprint density at radius 3 is 2.50 bits per heavy atom. The molecule has 0 saturated carbocycles. The lowest BCUT2D eigenvalue weighted by Gasteiger charge is -2.45. The second-order valence-corrected chi connectivity index (χ2v) is 6.38. The van der Waals surface area contributed by atoms with E-state index in [-0.39, 0.29) is 17.3 Å². The summed E-state index contributed by atoms with van der Waals surface area (Å²) in [6.45, 7) is 2.00. The van der Waals surface area contributed by atoms with Gasteiger partial charge in [-0.15, -0.1) is 0 Å². The standard InChI is InChI=1S/C19H20FNO/c20-15-7-5-14(6-8-15)17-13-19(9-11-21-12-10-19)22-18-4-2-1-3-16(17)18/h1-8,17,21H,9-13H2. The Morgan fingerprint density at radius 2 is 1.73 bits per heavy atom. The Kier molecular flexibility index (Phi) is 3.38. The average Bonchev–Trinajstić information content (AvgIpc) is 2.56. The molecule has 0 bridgehead atoms. The molecule has 0 aliphatic carbocycles. The Labute approximate surface area is 130 Å². The minimum absolute atomic E-state index is 0.0847. The number of benzene rings is 2. The van der Waals surface area contributed by atoms with Crippen LogP contribution in [0.3, 0.4) is 0 Å². The molecule has 2 aromatic carbocycles. The van der Waals surface area contributed by atoms with Gasteiger partial charge in [-0.1, -0.05) is 30.3 Å². The van der Waals surface area contributed by atoms with E-state index >= 15 is 0 Å². The van der Waals surface area contributed by atoms with Crippen molar-refractivity contribution in [2.75, 3.05) is 13.1 Å². The van der Waals surface area contributed by atoms with Crippen LogP contribution in [0, 0.1) is 5.82 Å². The molecule has 0 radical (unpaired) electrons. The predicted octanol–water partition coefficient (Wildman–Crippen LogP) is 3.86. The minimum Gasteiger partial charge on any atom is -0.487 e. The van der Waals surface area contributed by atoms with Crippen LogP contribution in [0.15, 0.2) is 48.5 Å². The van der Waals surface area contributed by atoms with E-state index in [4.69, 9.17) is 4.74 Å². The first kappa shape index (κ1) is 13.8. The van der Waals surface area contributed by atoms with Crippen LogP contribution in [0.25, 0.3) is 0 Å². The van der Waals surface area contributed by atoms with Crippen molar-refractivity contribution in [3.05, 3.63) is 65.5 Å². The molecule has 0 amide bonds. The zero-order valence-corrected chi connectivity index (χ0v) is 12.5. The molecule has 2 aliphatic rings. The molecule has 22 heavy (non-hydrogen) atoms. The molecule has 1 fully saturated rings. The molecule has 2 aliphatic heterocycles. The van der Waals surface area contributed by atoms with Crippen molar-refractivity contribution in [2.24, 2.45) is 0 Å². The van der Waals surface area contributed by atoms with E-state index in [9.17, 15) is 4.39 Å². The predicted molar refractivity (Wildman–Crippen MR) is 84.8 cm³/mol. The molecule has 114 valence electrons. The molecule has 2 heterocycles. The number of hydrogen-bond acceptors (Lipinski definition) is 2. The molecule has 1 N–H and O–H groups in total. The molecule has 2 nitrogen and oxygen atoms in total. The van der Waals surface area contributed by atoms with Crippen molar-refractivity contribution in [1.29, 1.82) is 0 Å². The number of piperidine rings is 1. The van der Waals surface area contributed by atoms with Crippen molar-refractivity contribution in [2.45, 2.75) is 30.8 Å². The number of hydrogen-bond donors (Lipinski definition) is 1. The monoisotopic (exact) mass is 297 g/mol. The van der Waals surface area contributed by atoms with Crippen molar-refractivity contribution in [3.8, 4) is 5.75 Å². The third-order valence-electron chi connectivity index (χ3n) is 4.98. The van der Waals surface area contributed by atoms with Crippen LogP contribution in [0.2, 0.25) is 0 Å². The van der Waals surface area contributed by atoms with Crippen LogP contribution in [0.1, 0.15) is 36.3 Å². The Bertz CT molecular complexity index is 661. The van der Waals surface area contributed by atoms with Gasteiger partial charge in [0, 0.05) is 11.5 Å². The van der Waals surface area contributed by atoms with E-state index in [2.05, 4.69) is 23.5 Å². The van der Waals surface area contributed by atoms with Gasteiger partial charge in [-0.05, 0) is 56.1 Å². The Hall–Kier alpha value is -1.87. The first-order valence-electron chi connectivity index (χ1n) is 8.00. The van der Waals surface area contributed by atoms with E-state index in [1.807, 2.05) is 18.2 Å². The molecule has 2 aromatic rings. The van der Waals surface area contributed by atoms with E-state index in [1.54, 1.807) is 12.1 Å². The molecular formula is C19H20FNO. The van der Waals surface area contributed by atoms with Crippen LogP contribution in [-0.2, 0) is 0 Å². The summed E-state index contributed by atoms with van der Waals surface area (Å²) in [5.74, 6) is 1.09. The first-order chi connectivity index (χ1) is 10.8. The topological polar surface area (TPSA) is 21.3 Å². The fraction of sp³-hybridized carbons (Fsp3) is 0.368. The summed E-state index contributed by atoms with van der Waals surface area (Å²) in [5.41, 5.74) is 2.31. The van der Waals surface area contributed by atoms with Gasteiger partial charge in [0.05, 0.1) is 0 Å². The van der Waals surface area contributed by atoms with Crippen molar-refractivity contribution in [1.82, 2.24) is 5.32 Å². The van der Waals surface area contributed by atoms with Crippen molar-refractivity contribution >= 4 is 0 Å². The maximum Gasteiger partial charge on any atom is 0.123 e. The van der Waals surface area contributed by atoms with Crippen LogP contribution < -0.4 is 10.1 Å². The van der Waals surface area contributed by atoms with Gasteiger partial charge >= 0.3 is 0 Å². The van der Waals surface area contributed by atoms with Crippen LogP contribution in [0.4, 0.5) is 4.39 Å². The second-order valence-electron chi connectivity index (χ2n) is 6.38. The highest BCUT2D eigenvalue weighted by Crippen LogP contribution is 2.47. The fourth-order valence-electron chi connectivity index (χ4n) is 3.80. The molecule has 0 aromatic heterocycles. The summed E-state index contributed by atoms with van der Waals surface area (Å²) in [6.07, 6.45) is 3.02. The molecule has 1 spiro atoms. The summed E-state index contributed by atoms with van der Waals surface area (Å²) < 4.78 is 19.7. The van der Waals surface area contributed by atoms with Gasteiger partial charge in [0.2, 0.25) is 0 Å². The summed E-state index contributed by atoms with van der Waals surface area (Å²) >= 11 is 0. The van der Waals surface area contributed by atoms with Gasteiger partial charge in [-0.2, -0.15) is 0 Å². The molecule has 1 unspecified atom stereocenters. The van der Waals surface area contributed by atoms with E-state index in [1.165, 1.54) is 11.1 Å². The SMILES string of the molecule is Fc1ccc(C2CC3(CCNCC3)Oc3ccccc32)cc1. The quantitative estimate of drug-likeness (QED) is 0.863. The summed E-state index contributed by atoms with van der Waals surface area (Å²) in [5, 5.41) is 3.41. The second kappa shape index (κ2) is 5.40. The number of para-hydroxylation sites is 1. The summed E-state index contributed by atoms with van der Waals surface area (Å²) in [4.78, 5) is 0. The molecule has 3 heteroatoms. The maximum absolute atomic E-state index is 13.3. The van der Waals surface area contributed by atoms with Crippen LogP contribution in [-0.4, -0.2) is 18.7 Å². The van der Waals surface area contributed by atoms with Gasteiger partial charge in [0.25, 0.3) is 0 Å². The molecule has 4 rings (SSSR count). The zero-order chi connectivity index (χ0) is 15.0. The molecular weight excluding hydrogens is 277 g/mol. The van der Waals surface area contributed by atoms with Crippen LogP contribution >= 0.6 is 0 Å². The highest BCUT2D eigenvalue weighted by molar-refractivity contribution is 5.45. The number of halogens is 1. The molecule has 1 atom stereocenters. The van der Waals surface area contributed by atoms with Gasteiger partial charge in [-0.25, -0.2) is 4.39 Å². The number of ether oxygens (including phenoxy) is 1. The smallest absolute Gasteiger partial charge is 0.123 e. The van der Waals surface area contributed by atoms with Crippen molar-refractivity contribution in [3.63, 3.8) is 0 Å². The summed E-state index contributed by atoms with van der Waals surface area (Å²) in [6, 6.07) is 15.2. The highest BCUT2D eigenvalue weighted by atomic mass is 19.1. The third kappa shape index (κ3) is 2.40. The Balaban J connectivity index is 1.77. The first-order valence-corrected chi connectivity index (χ1v) is 8.00. The lowest BCUT2D eigenvalue weighted by Crippen LogP contribution is -2.49. The zero-order valence-electron chi connectivity index (χ0n) is 12.5. The van der Waals surface area contributed by atoms with Gasteiger partial charge in [-0.3, -0.25) is 0 Å². The van der Waals surface area contributed by atoms with Gasteiger partial charge < -0.3 is 10.1 Å². The highest BCUT2D eigenvalue weighted by Gasteiger charge is 2.42. The largest absolute Gasteiger partial charge is 0.487 e. The third-order valence-corrected chi connectivity index (χ3v) is 4.98. The fourth-order valence-corrected chi connectivity index (χ4v) is 3.80. The number of rotatable bonds is 1. The number of fused-ring (bicyclic) bond motifs is 1. The van der Waals surface area contributed by atoms with Gasteiger partial charge in [0.1, 0.15) is 17.2 Å². The molecule has 1 saturated heterocycles. The van der Waals surface area contributed by atoms with E-state index in [0.29, 0.717) is 0 Å². The normalized spacial score (nSPS) is 22.9. The average molecular weight is 297 g/mol. The Morgan fingerprint density at radius 1 is 1.00 bits per heavy atom. The van der Waals surface area contributed by atoms with E-state index in [0.717, 1.165) is 38.1 Å². The lowest BCUT2D eigenvalue weighted by molar-refractivity contribution is 0.0114.